The third-order valence-electron chi connectivity index (χ3n) is 1.67. The van der Waals surface area contributed by atoms with Crippen molar-refractivity contribution in [1.29, 1.82) is 0 Å². The number of rotatable bonds is 3. The summed E-state index contributed by atoms with van der Waals surface area (Å²) in [5, 5.41) is 9.07. The maximum absolute atomic E-state index is 9.07. The molecule has 0 bridgehead atoms. The third kappa shape index (κ3) is 4.46. The van der Waals surface area contributed by atoms with Gasteiger partial charge in [-0.15, -0.1) is 0 Å². The van der Waals surface area contributed by atoms with Crippen molar-refractivity contribution in [2.75, 3.05) is 0 Å². The Labute approximate surface area is 58.1 Å². The molecule has 0 aromatic carbocycles. The van der Waals surface area contributed by atoms with Gasteiger partial charge in [-0.2, -0.15) is 0 Å². The Balaban J connectivity index is 3.38. The monoisotopic (exact) mass is 130 g/mol. The fraction of sp³-hybridized carbons (Fsp3) is 1.00. The van der Waals surface area contributed by atoms with Crippen molar-refractivity contribution in [1.82, 2.24) is 0 Å². The van der Waals surface area contributed by atoms with E-state index in [1.807, 2.05) is 6.92 Å². The van der Waals surface area contributed by atoms with Crippen molar-refractivity contribution in [2.45, 2.75) is 40.2 Å². The van der Waals surface area contributed by atoms with Crippen LogP contribution < -0.4 is 0 Å². The molecular weight excluding hydrogens is 112 g/mol. The zero-order valence-electron chi connectivity index (χ0n) is 6.89. The second-order valence-electron chi connectivity index (χ2n) is 3.35. The van der Waals surface area contributed by atoms with Gasteiger partial charge in [0.2, 0.25) is 0 Å². The highest BCUT2D eigenvalue weighted by molar-refractivity contribution is 4.60. The molecular formula is C8H18O. The molecule has 0 aliphatic carbocycles. The summed E-state index contributed by atoms with van der Waals surface area (Å²) in [6.07, 6.45) is 0.977. The molecule has 0 amide bonds. The second kappa shape index (κ2) is 3.89. The van der Waals surface area contributed by atoms with Crippen LogP contribution in [0.1, 0.15) is 34.1 Å². The Morgan fingerprint density at radius 1 is 1.11 bits per heavy atom. The summed E-state index contributed by atoms with van der Waals surface area (Å²) < 4.78 is 0. The standard InChI is InChI=1S/C8H18O/c1-6(2)5-7(3)8(4)9/h6-9H,5H2,1-4H3/t7?,8-/m0/s1. The molecule has 0 aliphatic rings. The van der Waals surface area contributed by atoms with E-state index in [4.69, 9.17) is 5.11 Å². The Bertz CT molecular complexity index is 67.0. The molecule has 0 saturated heterocycles. The molecule has 0 aromatic heterocycles. The maximum Gasteiger partial charge on any atom is 0.0537 e. The molecule has 56 valence electrons. The summed E-state index contributed by atoms with van der Waals surface area (Å²) in [6.45, 7) is 8.30. The van der Waals surface area contributed by atoms with Gasteiger partial charge < -0.3 is 5.11 Å². The van der Waals surface area contributed by atoms with Crippen LogP contribution in [0.25, 0.3) is 0 Å². The van der Waals surface area contributed by atoms with Gasteiger partial charge in [0, 0.05) is 0 Å². The molecule has 0 spiro atoms. The van der Waals surface area contributed by atoms with Crippen LogP contribution >= 0.6 is 0 Å². The van der Waals surface area contributed by atoms with E-state index in [2.05, 4.69) is 20.8 Å². The van der Waals surface area contributed by atoms with Gasteiger partial charge in [-0.3, -0.25) is 0 Å². The van der Waals surface area contributed by atoms with Crippen molar-refractivity contribution >= 4 is 0 Å². The molecule has 1 heteroatoms. The fourth-order valence-electron chi connectivity index (χ4n) is 0.941. The molecule has 2 atom stereocenters. The van der Waals surface area contributed by atoms with Crippen LogP contribution in [0.2, 0.25) is 0 Å². The van der Waals surface area contributed by atoms with Crippen LogP contribution in [-0.2, 0) is 0 Å². The van der Waals surface area contributed by atoms with Crippen LogP contribution in [0.3, 0.4) is 0 Å². The molecule has 0 aliphatic heterocycles. The molecule has 1 unspecified atom stereocenters. The SMILES string of the molecule is CC(C)CC(C)[C@H](C)O. The molecule has 0 aromatic rings. The Morgan fingerprint density at radius 3 is 1.67 bits per heavy atom. The average Bonchev–Trinajstić information content (AvgIpc) is 1.63. The van der Waals surface area contributed by atoms with E-state index >= 15 is 0 Å². The smallest absolute Gasteiger partial charge is 0.0537 e. The van der Waals surface area contributed by atoms with Gasteiger partial charge >= 0.3 is 0 Å². The summed E-state index contributed by atoms with van der Waals surface area (Å²) in [6, 6.07) is 0. The van der Waals surface area contributed by atoms with Crippen molar-refractivity contribution in [2.24, 2.45) is 11.8 Å². The van der Waals surface area contributed by atoms with Gasteiger partial charge in [-0.25, -0.2) is 0 Å². The van der Waals surface area contributed by atoms with E-state index in [-0.39, 0.29) is 6.10 Å². The van der Waals surface area contributed by atoms with E-state index in [1.54, 1.807) is 0 Å². The third-order valence-corrected chi connectivity index (χ3v) is 1.67. The minimum absolute atomic E-state index is 0.146. The Morgan fingerprint density at radius 2 is 1.56 bits per heavy atom. The van der Waals surface area contributed by atoms with Gasteiger partial charge in [0.15, 0.2) is 0 Å². The topological polar surface area (TPSA) is 20.2 Å². The first-order valence-corrected chi connectivity index (χ1v) is 3.72. The first kappa shape index (κ1) is 8.96. The van der Waals surface area contributed by atoms with E-state index in [0.29, 0.717) is 11.8 Å². The van der Waals surface area contributed by atoms with E-state index in [0.717, 1.165) is 6.42 Å². The Hall–Kier alpha value is -0.0400. The highest BCUT2D eigenvalue weighted by Crippen LogP contribution is 2.13. The quantitative estimate of drug-likeness (QED) is 0.620. The predicted molar refractivity (Wildman–Crippen MR) is 40.3 cm³/mol. The average molecular weight is 130 g/mol. The lowest BCUT2D eigenvalue weighted by Gasteiger charge is -2.15. The molecule has 0 radical (unpaired) electrons. The summed E-state index contributed by atoms with van der Waals surface area (Å²) in [7, 11) is 0. The van der Waals surface area contributed by atoms with Gasteiger partial charge in [0.25, 0.3) is 0 Å². The van der Waals surface area contributed by atoms with Gasteiger partial charge in [-0.1, -0.05) is 20.8 Å². The van der Waals surface area contributed by atoms with Gasteiger partial charge in [0.05, 0.1) is 6.10 Å². The van der Waals surface area contributed by atoms with Gasteiger partial charge in [0.1, 0.15) is 0 Å². The van der Waals surface area contributed by atoms with Crippen LogP contribution in [0.4, 0.5) is 0 Å². The zero-order chi connectivity index (χ0) is 7.44. The summed E-state index contributed by atoms with van der Waals surface area (Å²) >= 11 is 0. The van der Waals surface area contributed by atoms with E-state index in [1.165, 1.54) is 0 Å². The van der Waals surface area contributed by atoms with Crippen LogP contribution in [0.15, 0.2) is 0 Å². The molecule has 0 heterocycles. The summed E-state index contributed by atoms with van der Waals surface area (Å²) in [5.41, 5.74) is 0. The predicted octanol–water partition coefficient (Wildman–Crippen LogP) is 2.05. The first-order chi connectivity index (χ1) is 4.04. The normalized spacial score (nSPS) is 18.0. The number of hydrogen-bond acceptors (Lipinski definition) is 1. The number of aliphatic hydroxyl groups excluding tert-OH is 1. The van der Waals surface area contributed by atoms with Crippen LogP contribution in [-0.4, -0.2) is 11.2 Å². The van der Waals surface area contributed by atoms with Crippen LogP contribution in [0, 0.1) is 11.8 Å². The summed E-state index contributed by atoms with van der Waals surface area (Å²) in [4.78, 5) is 0. The van der Waals surface area contributed by atoms with Gasteiger partial charge in [-0.05, 0) is 25.2 Å². The van der Waals surface area contributed by atoms with Crippen molar-refractivity contribution in [3.63, 3.8) is 0 Å². The largest absolute Gasteiger partial charge is 0.393 e. The molecule has 0 saturated carbocycles. The Kier molecular flexibility index (Phi) is 3.87. The molecule has 1 N–H and O–H groups in total. The number of aliphatic hydroxyl groups is 1. The summed E-state index contributed by atoms with van der Waals surface area (Å²) in [5.74, 6) is 1.15. The highest BCUT2D eigenvalue weighted by Gasteiger charge is 2.09. The lowest BCUT2D eigenvalue weighted by molar-refractivity contribution is 0.122. The number of hydrogen-bond donors (Lipinski definition) is 1. The lowest BCUT2D eigenvalue weighted by atomic mass is 9.95. The molecule has 1 nitrogen and oxygen atoms in total. The first-order valence-electron chi connectivity index (χ1n) is 3.72. The highest BCUT2D eigenvalue weighted by atomic mass is 16.3. The molecule has 0 rings (SSSR count). The lowest BCUT2D eigenvalue weighted by Crippen LogP contribution is -2.14. The molecule has 9 heavy (non-hydrogen) atoms. The fourth-order valence-corrected chi connectivity index (χ4v) is 0.941. The minimum atomic E-state index is -0.146. The van der Waals surface area contributed by atoms with Crippen LogP contribution in [0.5, 0.6) is 0 Å². The van der Waals surface area contributed by atoms with Crippen molar-refractivity contribution in [3.05, 3.63) is 0 Å². The van der Waals surface area contributed by atoms with E-state index < -0.39 is 0 Å². The van der Waals surface area contributed by atoms with Crippen molar-refractivity contribution < 1.29 is 5.11 Å². The van der Waals surface area contributed by atoms with Crippen molar-refractivity contribution in [3.8, 4) is 0 Å². The minimum Gasteiger partial charge on any atom is -0.393 e. The maximum atomic E-state index is 9.07. The second-order valence-corrected chi connectivity index (χ2v) is 3.35. The van der Waals surface area contributed by atoms with E-state index in [9.17, 15) is 0 Å². The zero-order valence-corrected chi connectivity index (χ0v) is 6.89. The molecule has 0 fully saturated rings.